The van der Waals surface area contributed by atoms with Crippen LogP contribution in [-0.4, -0.2) is 8.07 Å². The van der Waals surface area contributed by atoms with Crippen LogP contribution in [0.3, 0.4) is 0 Å². The Hall–Kier alpha value is -2.34. The zero-order valence-corrected chi connectivity index (χ0v) is 19.3. The standard InChI is InChI=1S/C30H32Si/c1-3-20-31(2,29-25-16-8-4-12-21(25)22-13-5-9-17-26(22)29)30-27-18-10-6-14-23(27)24-15-7-11-19-28(24)30/h4-30H,1H2,2H3. The fourth-order valence-electron chi connectivity index (χ4n) is 8.35. The summed E-state index contributed by atoms with van der Waals surface area (Å²) in [6, 6.07) is 0. The predicted octanol–water partition coefficient (Wildman–Crippen LogP) is 7.15. The molecule has 6 aliphatic carbocycles. The van der Waals surface area contributed by atoms with E-state index in [-0.39, 0.29) is 0 Å². The number of fused-ring (bicyclic) bond motifs is 6. The molecule has 31 heavy (non-hydrogen) atoms. The molecule has 156 valence electrons. The van der Waals surface area contributed by atoms with Crippen molar-refractivity contribution in [3.8, 4) is 0 Å². The molecule has 0 bridgehead atoms. The zero-order valence-electron chi connectivity index (χ0n) is 18.3. The second-order valence-electron chi connectivity index (χ2n) is 10.5. The molecule has 0 N–H and O–H groups in total. The van der Waals surface area contributed by atoms with Gasteiger partial charge in [-0.05, 0) is 58.4 Å². The normalized spacial score (nSPS) is 46.7. The SMILES string of the molecule is C=C=C[Si](C)(C1C2C=CC=CC2C2C=CC=CC21)C1C2C=CC=CC2C2C=CC=CC21. The summed E-state index contributed by atoms with van der Waals surface area (Å²) in [5.41, 5.74) is 7.24. The molecule has 0 spiro atoms. The topological polar surface area (TPSA) is 0 Å². The van der Waals surface area contributed by atoms with E-state index >= 15 is 0 Å². The molecule has 0 aromatic rings. The van der Waals surface area contributed by atoms with Crippen LogP contribution in [0.4, 0.5) is 0 Å². The third kappa shape index (κ3) is 2.73. The van der Waals surface area contributed by atoms with Crippen molar-refractivity contribution in [1.82, 2.24) is 0 Å². The molecule has 0 aromatic carbocycles. The highest BCUT2D eigenvalue weighted by Gasteiger charge is 2.62. The maximum atomic E-state index is 4.13. The quantitative estimate of drug-likeness (QED) is 0.336. The van der Waals surface area contributed by atoms with Crippen LogP contribution in [-0.2, 0) is 0 Å². The van der Waals surface area contributed by atoms with E-state index in [2.05, 4.69) is 122 Å². The van der Waals surface area contributed by atoms with E-state index < -0.39 is 8.07 Å². The third-order valence-corrected chi connectivity index (χ3v) is 14.5. The minimum atomic E-state index is -1.96. The Morgan fingerprint density at radius 1 is 0.516 bits per heavy atom. The van der Waals surface area contributed by atoms with Crippen molar-refractivity contribution in [2.75, 3.05) is 0 Å². The molecule has 0 aromatic heterocycles. The summed E-state index contributed by atoms with van der Waals surface area (Å²) in [7, 11) is -1.96. The van der Waals surface area contributed by atoms with Crippen LogP contribution in [0.2, 0.25) is 17.6 Å². The molecule has 0 amide bonds. The van der Waals surface area contributed by atoms with E-state index in [0.717, 1.165) is 0 Å². The van der Waals surface area contributed by atoms with Gasteiger partial charge in [-0.1, -0.05) is 116 Å². The molecule has 6 aliphatic rings. The fourth-order valence-corrected chi connectivity index (χ4v) is 14.3. The molecule has 0 heterocycles. The van der Waals surface area contributed by atoms with Gasteiger partial charge in [0.15, 0.2) is 0 Å². The first kappa shape index (κ1) is 19.4. The molecule has 2 saturated carbocycles. The van der Waals surface area contributed by atoms with Crippen molar-refractivity contribution < 1.29 is 0 Å². The Kier molecular flexibility index (Phi) is 4.60. The average Bonchev–Trinajstić information content (AvgIpc) is 3.33. The van der Waals surface area contributed by atoms with E-state index in [4.69, 9.17) is 0 Å². The zero-order chi connectivity index (χ0) is 21.0. The summed E-state index contributed by atoms with van der Waals surface area (Å²) >= 11 is 0. The van der Waals surface area contributed by atoms with Crippen LogP contribution >= 0.6 is 0 Å². The van der Waals surface area contributed by atoms with Gasteiger partial charge in [-0.15, -0.1) is 5.73 Å². The smallest absolute Gasteiger partial charge is 0.0927 e. The van der Waals surface area contributed by atoms with E-state index in [1.54, 1.807) is 0 Å². The lowest BCUT2D eigenvalue weighted by molar-refractivity contribution is 0.461. The molecule has 0 radical (unpaired) electrons. The monoisotopic (exact) mass is 420 g/mol. The van der Waals surface area contributed by atoms with Gasteiger partial charge in [0.25, 0.3) is 0 Å². The highest BCUT2D eigenvalue weighted by molar-refractivity contribution is 6.86. The lowest BCUT2D eigenvalue weighted by Gasteiger charge is -2.46. The van der Waals surface area contributed by atoms with Gasteiger partial charge in [0.05, 0.1) is 8.07 Å². The van der Waals surface area contributed by atoms with Crippen molar-refractivity contribution in [3.05, 3.63) is 115 Å². The molecule has 0 aliphatic heterocycles. The van der Waals surface area contributed by atoms with Crippen molar-refractivity contribution >= 4 is 8.07 Å². The van der Waals surface area contributed by atoms with Gasteiger partial charge in [-0.3, -0.25) is 0 Å². The molecular weight excluding hydrogens is 388 g/mol. The van der Waals surface area contributed by atoms with E-state index in [1.807, 2.05) is 0 Å². The first-order valence-corrected chi connectivity index (χ1v) is 14.7. The molecular formula is C30H32Si. The maximum Gasteiger partial charge on any atom is 0.0927 e. The Balaban J connectivity index is 1.50. The van der Waals surface area contributed by atoms with E-state index in [9.17, 15) is 0 Å². The Bertz CT molecular complexity index is 896. The number of hydrogen-bond donors (Lipinski definition) is 0. The van der Waals surface area contributed by atoms with Crippen LogP contribution in [0, 0.1) is 47.3 Å². The summed E-state index contributed by atoms with van der Waals surface area (Å²) in [4.78, 5) is 0. The molecule has 2 fully saturated rings. The summed E-state index contributed by atoms with van der Waals surface area (Å²) < 4.78 is 0. The third-order valence-electron chi connectivity index (χ3n) is 9.29. The second-order valence-corrected chi connectivity index (χ2v) is 14.8. The van der Waals surface area contributed by atoms with Gasteiger partial charge >= 0.3 is 0 Å². The first-order valence-electron chi connectivity index (χ1n) is 12.0. The molecule has 6 rings (SSSR count). The highest BCUT2D eigenvalue weighted by Crippen LogP contribution is 2.66. The highest BCUT2D eigenvalue weighted by atomic mass is 28.3. The Morgan fingerprint density at radius 3 is 1.03 bits per heavy atom. The Morgan fingerprint density at radius 2 is 0.774 bits per heavy atom. The van der Waals surface area contributed by atoms with Crippen molar-refractivity contribution in [3.63, 3.8) is 0 Å². The van der Waals surface area contributed by atoms with Crippen LogP contribution in [0.15, 0.2) is 115 Å². The average molecular weight is 421 g/mol. The first-order chi connectivity index (χ1) is 15.2. The molecule has 8 atom stereocenters. The van der Waals surface area contributed by atoms with E-state index in [1.165, 1.54) is 0 Å². The van der Waals surface area contributed by atoms with Crippen LogP contribution in [0.25, 0.3) is 0 Å². The molecule has 8 unspecified atom stereocenters. The Labute approximate surface area is 188 Å². The lowest BCUT2D eigenvalue weighted by atomic mass is 9.83. The van der Waals surface area contributed by atoms with Gasteiger partial charge in [-0.2, -0.15) is 0 Å². The maximum absolute atomic E-state index is 4.13. The summed E-state index contributed by atoms with van der Waals surface area (Å²) in [6.45, 7) is 6.81. The fraction of sp³-hybridized carbons (Fsp3) is 0.367. The second kappa shape index (κ2) is 7.36. The van der Waals surface area contributed by atoms with Crippen LogP contribution in [0.5, 0.6) is 0 Å². The number of rotatable bonds is 3. The van der Waals surface area contributed by atoms with Gasteiger partial charge < -0.3 is 0 Å². The molecule has 0 saturated heterocycles. The van der Waals surface area contributed by atoms with Crippen LogP contribution < -0.4 is 0 Å². The van der Waals surface area contributed by atoms with E-state index in [0.29, 0.717) is 58.4 Å². The minimum Gasteiger partial charge on any atom is -0.137 e. The summed E-state index contributed by atoms with van der Waals surface area (Å²) in [5.74, 6) is 5.00. The number of allylic oxidation sites excluding steroid dienone is 16. The largest absolute Gasteiger partial charge is 0.137 e. The van der Waals surface area contributed by atoms with Crippen LogP contribution in [0.1, 0.15) is 0 Å². The summed E-state index contributed by atoms with van der Waals surface area (Å²) in [5, 5.41) is 0. The van der Waals surface area contributed by atoms with Gasteiger partial charge in [0, 0.05) is 0 Å². The lowest BCUT2D eigenvalue weighted by Crippen LogP contribution is -2.47. The van der Waals surface area contributed by atoms with Gasteiger partial charge in [0.2, 0.25) is 0 Å². The minimum absolute atomic E-state index is 0.623. The number of hydrogen-bond acceptors (Lipinski definition) is 0. The van der Waals surface area contributed by atoms with Gasteiger partial charge in [-0.25, -0.2) is 0 Å². The van der Waals surface area contributed by atoms with Crippen molar-refractivity contribution in [1.29, 1.82) is 0 Å². The predicted molar refractivity (Wildman–Crippen MR) is 134 cm³/mol. The van der Waals surface area contributed by atoms with Crippen molar-refractivity contribution in [2.24, 2.45) is 47.3 Å². The van der Waals surface area contributed by atoms with Crippen molar-refractivity contribution in [2.45, 2.75) is 17.6 Å². The molecule has 0 nitrogen and oxygen atoms in total. The summed E-state index contributed by atoms with van der Waals surface area (Å²) in [6.07, 6.45) is 38.4. The van der Waals surface area contributed by atoms with Gasteiger partial charge in [0.1, 0.15) is 0 Å². The molecule has 1 heteroatoms.